The fourth-order valence-electron chi connectivity index (χ4n) is 1.70. The van der Waals surface area contributed by atoms with Crippen molar-refractivity contribution in [1.29, 1.82) is 0 Å². The van der Waals surface area contributed by atoms with Gasteiger partial charge in [0.25, 0.3) is 0 Å². The standard InChI is InChI=1S/C9H15O3PS/c1-3-9(4-2,13(10,11)12)8-6-5-7-14-8/h5-7H,3-4H2,1-2H3,(H2,10,11,12). The molecule has 0 aliphatic heterocycles. The maximum atomic E-state index is 11.5. The summed E-state index contributed by atoms with van der Waals surface area (Å²) in [7, 11) is -4.09. The van der Waals surface area contributed by atoms with Crippen LogP contribution in [0.1, 0.15) is 31.6 Å². The molecule has 1 heterocycles. The van der Waals surface area contributed by atoms with E-state index in [2.05, 4.69) is 0 Å². The molecule has 0 aliphatic carbocycles. The van der Waals surface area contributed by atoms with Gasteiger partial charge in [-0.05, 0) is 24.3 Å². The van der Waals surface area contributed by atoms with Gasteiger partial charge in [0, 0.05) is 4.88 Å². The monoisotopic (exact) mass is 234 g/mol. The zero-order valence-electron chi connectivity index (χ0n) is 8.30. The highest BCUT2D eigenvalue weighted by Crippen LogP contribution is 2.61. The van der Waals surface area contributed by atoms with E-state index >= 15 is 0 Å². The molecule has 0 aromatic carbocycles. The molecule has 1 rings (SSSR count). The van der Waals surface area contributed by atoms with E-state index in [1.54, 1.807) is 6.07 Å². The van der Waals surface area contributed by atoms with Crippen molar-refractivity contribution in [2.24, 2.45) is 0 Å². The van der Waals surface area contributed by atoms with Crippen LogP contribution in [0.4, 0.5) is 0 Å². The van der Waals surface area contributed by atoms with Gasteiger partial charge < -0.3 is 9.79 Å². The van der Waals surface area contributed by atoms with Crippen molar-refractivity contribution in [1.82, 2.24) is 0 Å². The van der Waals surface area contributed by atoms with Gasteiger partial charge in [0.2, 0.25) is 0 Å². The Hall–Kier alpha value is -0.150. The van der Waals surface area contributed by atoms with E-state index in [1.165, 1.54) is 11.3 Å². The van der Waals surface area contributed by atoms with Crippen LogP contribution in [0.5, 0.6) is 0 Å². The zero-order valence-corrected chi connectivity index (χ0v) is 10.0. The third-order valence-electron chi connectivity index (χ3n) is 2.71. The van der Waals surface area contributed by atoms with E-state index in [1.807, 2.05) is 25.3 Å². The normalized spacial score (nSPS) is 13.1. The smallest absolute Gasteiger partial charge is 0.324 e. The highest BCUT2D eigenvalue weighted by Gasteiger charge is 2.45. The van der Waals surface area contributed by atoms with Gasteiger partial charge in [0.05, 0.1) is 0 Å². The van der Waals surface area contributed by atoms with Crippen molar-refractivity contribution >= 4 is 18.9 Å². The third kappa shape index (κ3) is 1.80. The quantitative estimate of drug-likeness (QED) is 0.787. The van der Waals surface area contributed by atoms with Crippen LogP contribution in [-0.4, -0.2) is 9.79 Å². The summed E-state index contributed by atoms with van der Waals surface area (Å²) in [6, 6.07) is 3.63. The molecule has 5 heteroatoms. The molecule has 14 heavy (non-hydrogen) atoms. The van der Waals surface area contributed by atoms with Crippen LogP contribution in [0.25, 0.3) is 0 Å². The molecular weight excluding hydrogens is 219 g/mol. The van der Waals surface area contributed by atoms with E-state index in [0.717, 1.165) is 4.88 Å². The molecule has 0 radical (unpaired) electrons. The Morgan fingerprint density at radius 3 is 2.29 bits per heavy atom. The first-order valence-electron chi connectivity index (χ1n) is 4.57. The van der Waals surface area contributed by atoms with Gasteiger partial charge in [-0.15, -0.1) is 11.3 Å². The Balaban J connectivity index is 3.25. The van der Waals surface area contributed by atoms with Gasteiger partial charge in [0.15, 0.2) is 0 Å². The third-order valence-corrected chi connectivity index (χ3v) is 5.92. The highest BCUT2D eigenvalue weighted by atomic mass is 32.1. The molecule has 0 saturated heterocycles. The highest BCUT2D eigenvalue weighted by molar-refractivity contribution is 7.53. The average Bonchev–Trinajstić information content (AvgIpc) is 2.58. The summed E-state index contributed by atoms with van der Waals surface area (Å²) in [5.74, 6) is 0. The molecule has 0 fully saturated rings. The fourth-order valence-corrected chi connectivity index (χ4v) is 4.37. The van der Waals surface area contributed by atoms with Gasteiger partial charge in [-0.1, -0.05) is 19.9 Å². The molecule has 3 nitrogen and oxygen atoms in total. The molecule has 0 atom stereocenters. The minimum Gasteiger partial charge on any atom is -0.324 e. The largest absolute Gasteiger partial charge is 0.336 e. The average molecular weight is 234 g/mol. The predicted molar refractivity (Wildman–Crippen MR) is 58.6 cm³/mol. The Bertz CT molecular complexity index is 324. The van der Waals surface area contributed by atoms with Crippen molar-refractivity contribution in [2.75, 3.05) is 0 Å². The first-order chi connectivity index (χ1) is 6.48. The second kappa shape index (κ2) is 4.15. The van der Waals surface area contributed by atoms with Gasteiger partial charge in [-0.25, -0.2) is 0 Å². The molecule has 2 N–H and O–H groups in total. The van der Waals surface area contributed by atoms with Crippen molar-refractivity contribution in [3.8, 4) is 0 Å². The molecule has 0 aliphatic rings. The summed E-state index contributed by atoms with van der Waals surface area (Å²) in [4.78, 5) is 19.6. The molecule has 1 aromatic heterocycles. The fraction of sp³-hybridized carbons (Fsp3) is 0.556. The summed E-state index contributed by atoms with van der Waals surface area (Å²) in [5, 5.41) is 0.881. The lowest BCUT2D eigenvalue weighted by molar-refractivity contribution is 0.317. The Kier molecular flexibility index (Phi) is 3.53. The lowest BCUT2D eigenvalue weighted by Crippen LogP contribution is -2.23. The van der Waals surface area contributed by atoms with Crippen LogP contribution in [0.3, 0.4) is 0 Å². The maximum absolute atomic E-state index is 11.5. The summed E-state index contributed by atoms with van der Waals surface area (Å²) in [5.41, 5.74) is 0. The van der Waals surface area contributed by atoms with Crippen LogP contribution in [-0.2, 0) is 9.72 Å². The molecule has 0 spiro atoms. The minimum atomic E-state index is -4.09. The molecule has 0 bridgehead atoms. The molecule has 0 amide bonds. The second-order valence-electron chi connectivity index (χ2n) is 3.26. The number of hydrogen-bond donors (Lipinski definition) is 2. The van der Waals surface area contributed by atoms with E-state index < -0.39 is 12.8 Å². The molecule has 0 saturated carbocycles. The van der Waals surface area contributed by atoms with Gasteiger partial charge >= 0.3 is 7.60 Å². The Morgan fingerprint density at radius 2 is 2.00 bits per heavy atom. The number of rotatable bonds is 4. The Morgan fingerprint density at radius 1 is 1.43 bits per heavy atom. The minimum absolute atomic E-state index is 0.467. The Labute approximate surface area is 87.9 Å². The summed E-state index contributed by atoms with van der Waals surface area (Å²) in [6.07, 6.45) is 0.933. The SMILES string of the molecule is CCC(CC)(c1cccs1)P(=O)(O)O. The van der Waals surface area contributed by atoms with Gasteiger partial charge in [0.1, 0.15) is 5.16 Å². The second-order valence-corrected chi connectivity index (χ2v) is 6.15. The van der Waals surface area contributed by atoms with Crippen LogP contribution >= 0.6 is 18.9 Å². The van der Waals surface area contributed by atoms with Crippen LogP contribution in [0.15, 0.2) is 17.5 Å². The van der Waals surface area contributed by atoms with Crippen LogP contribution in [0, 0.1) is 0 Å². The van der Waals surface area contributed by atoms with Crippen molar-refractivity contribution in [3.05, 3.63) is 22.4 Å². The molecule has 80 valence electrons. The van der Waals surface area contributed by atoms with E-state index in [4.69, 9.17) is 0 Å². The van der Waals surface area contributed by atoms with E-state index in [-0.39, 0.29) is 0 Å². The van der Waals surface area contributed by atoms with Gasteiger partial charge in [-0.2, -0.15) is 0 Å². The summed E-state index contributed by atoms with van der Waals surface area (Å²) < 4.78 is 11.5. The molecule has 0 unspecified atom stereocenters. The summed E-state index contributed by atoms with van der Waals surface area (Å²) in [6.45, 7) is 3.64. The van der Waals surface area contributed by atoms with Crippen molar-refractivity contribution < 1.29 is 14.4 Å². The van der Waals surface area contributed by atoms with Crippen LogP contribution < -0.4 is 0 Å². The topological polar surface area (TPSA) is 57.5 Å². The van der Waals surface area contributed by atoms with Crippen LogP contribution in [0.2, 0.25) is 0 Å². The first-order valence-corrected chi connectivity index (χ1v) is 7.06. The lowest BCUT2D eigenvalue weighted by Gasteiger charge is -2.31. The van der Waals surface area contributed by atoms with Gasteiger partial charge in [-0.3, -0.25) is 4.57 Å². The molecule has 1 aromatic rings. The van der Waals surface area contributed by atoms with Crippen molar-refractivity contribution in [3.63, 3.8) is 0 Å². The summed E-state index contributed by atoms with van der Waals surface area (Å²) >= 11 is 1.41. The first kappa shape index (κ1) is 11.9. The van der Waals surface area contributed by atoms with E-state index in [0.29, 0.717) is 12.8 Å². The maximum Gasteiger partial charge on any atom is 0.336 e. The lowest BCUT2D eigenvalue weighted by atomic mass is 10.0. The number of hydrogen-bond acceptors (Lipinski definition) is 2. The predicted octanol–water partition coefficient (Wildman–Crippen LogP) is 2.94. The zero-order chi connectivity index (χ0) is 10.8. The number of thiophene rings is 1. The molecular formula is C9H15O3PS. The van der Waals surface area contributed by atoms with Crippen molar-refractivity contribution in [2.45, 2.75) is 31.8 Å². The van der Waals surface area contributed by atoms with E-state index in [9.17, 15) is 14.4 Å².